The van der Waals surface area contributed by atoms with Gasteiger partial charge in [0, 0.05) is 11.4 Å². The number of halogens is 2. The van der Waals surface area contributed by atoms with E-state index in [0.717, 1.165) is 4.88 Å². The van der Waals surface area contributed by atoms with Crippen molar-refractivity contribution in [1.82, 2.24) is 0 Å². The van der Waals surface area contributed by atoms with E-state index in [0.29, 0.717) is 17.3 Å². The summed E-state index contributed by atoms with van der Waals surface area (Å²) < 4.78 is 13.0. The Balaban J connectivity index is 2.00. The van der Waals surface area contributed by atoms with Gasteiger partial charge in [-0.3, -0.25) is 0 Å². The second-order valence-electron chi connectivity index (χ2n) is 3.54. The van der Waals surface area contributed by atoms with Gasteiger partial charge in [0.15, 0.2) is 0 Å². The third-order valence-corrected chi connectivity index (χ3v) is 3.59. The van der Waals surface area contributed by atoms with Crippen molar-refractivity contribution in [1.29, 1.82) is 0 Å². The molecule has 1 atom stereocenters. The van der Waals surface area contributed by atoms with Crippen LogP contribution >= 0.6 is 22.9 Å². The first-order valence-electron chi connectivity index (χ1n) is 5.07. The Hall–Kier alpha value is -1.10. The Labute approximate surface area is 108 Å². The Morgan fingerprint density at radius 2 is 2.24 bits per heavy atom. The van der Waals surface area contributed by atoms with Crippen LogP contribution in [0.15, 0.2) is 35.7 Å². The number of benzene rings is 1. The summed E-state index contributed by atoms with van der Waals surface area (Å²) in [5.74, 6) is -0.359. The van der Waals surface area contributed by atoms with Gasteiger partial charge in [0.2, 0.25) is 0 Å². The van der Waals surface area contributed by atoms with E-state index in [2.05, 4.69) is 5.32 Å². The predicted molar refractivity (Wildman–Crippen MR) is 69.2 cm³/mol. The maximum Gasteiger partial charge on any atom is 0.125 e. The molecule has 1 aromatic heterocycles. The molecule has 0 saturated heterocycles. The maximum atomic E-state index is 13.0. The van der Waals surface area contributed by atoms with E-state index in [1.54, 1.807) is 0 Å². The molecule has 90 valence electrons. The number of thiophene rings is 1. The molecule has 17 heavy (non-hydrogen) atoms. The second-order valence-corrected chi connectivity index (χ2v) is 4.92. The van der Waals surface area contributed by atoms with Crippen LogP contribution in [0.2, 0.25) is 5.02 Å². The quantitative estimate of drug-likeness (QED) is 0.889. The van der Waals surface area contributed by atoms with E-state index in [1.807, 2.05) is 17.5 Å². The molecule has 0 amide bonds. The summed E-state index contributed by atoms with van der Waals surface area (Å²) in [6.45, 7) is 0.295. The SMILES string of the molecule is OC(CNc1cc(F)ccc1Cl)c1cccs1. The van der Waals surface area contributed by atoms with Crippen LogP contribution in [0, 0.1) is 5.82 Å². The standard InChI is InChI=1S/C12H11ClFNOS/c13-9-4-3-8(14)6-10(9)15-7-11(16)12-2-1-5-17-12/h1-6,11,15-16H,7H2. The highest BCUT2D eigenvalue weighted by molar-refractivity contribution is 7.10. The van der Waals surface area contributed by atoms with Crippen molar-refractivity contribution in [2.24, 2.45) is 0 Å². The molecule has 1 unspecified atom stereocenters. The fourth-order valence-corrected chi connectivity index (χ4v) is 2.32. The third kappa shape index (κ3) is 3.19. The lowest BCUT2D eigenvalue weighted by Gasteiger charge is -2.12. The van der Waals surface area contributed by atoms with Crippen LogP contribution in [0.1, 0.15) is 11.0 Å². The molecule has 2 aromatic rings. The van der Waals surface area contributed by atoms with Gasteiger partial charge in [0.1, 0.15) is 11.9 Å². The molecule has 0 spiro atoms. The lowest BCUT2D eigenvalue weighted by atomic mass is 10.2. The fraction of sp³-hybridized carbons (Fsp3) is 0.167. The van der Waals surface area contributed by atoms with Crippen LogP contribution in [-0.2, 0) is 0 Å². The van der Waals surface area contributed by atoms with Gasteiger partial charge >= 0.3 is 0 Å². The molecular formula is C12H11ClFNOS. The zero-order chi connectivity index (χ0) is 12.3. The normalized spacial score (nSPS) is 12.4. The molecule has 0 radical (unpaired) electrons. The number of aliphatic hydroxyl groups excluding tert-OH is 1. The molecule has 0 aliphatic carbocycles. The van der Waals surface area contributed by atoms with Gasteiger partial charge in [-0.1, -0.05) is 17.7 Å². The van der Waals surface area contributed by atoms with Crippen LogP contribution in [0.5, 0.6) is 0 Å². The first-order chi connectivity index (χ1) is 8.16. The lowest BCUT2D eigenvalue weighted by molar-refractivity contribution is 0.195. The van der Waals surface area contributed by atoms with Crippen molar-refractivity contribution in [2.45, 2.75) is 6.10 Å². The van der Waals surface area contributed by atoms with Crippen LogP contribution in [0.3, 0.4) is 0 Å². The van der Waals surface area contributed by atoms with E-state index < -0.39 is 6.10 Å². The minimum absolute atomic E-state index is 0.295. The summed E-state index contributed by atoms with van der Waals surface area (Å²) in [4.78, 5) is 0.866. The average molecular weight is 272 g/mol. The van der Waals surface area contributed by atoms with Gasteiger partial charge in [-0.05, 0) is 29.6 Å². The van der Waals surface area contributed by atoms with E-state index in [4.69, 9.17) is 11.6 Å². The molecule has 0 bridgehead atoms. The molecule has 0 saturated carbocycles. The Morgan fingerprint density at radius 1 is 1.41 bits per heavy atom. The number of anilines is 1. The lowest BCUT2D eigenvalue weighted by Crippen LogP contribution is -2.11. The molecule has 1 heterocycles. The Bertz CT molecular complexity index is 489. The van der Waals surface area contributed by atoms with E-state index in [9.17, 15) is 9.50 Å². The number of hydrogen-bond acceptors (Lipinski definition) is 3. The van der Waals surface area contributed by atoms with Gasteiger partial charge in [0.25, 0.3) is 0 Å². The van der Waals surface area contributed by atoms with Crippen LogP contribution in [0.4, 0.5) is 10.1 Å². The van der Waals surface area contributed by atoms with E-state index in [-0.39, 0.29) is 5.82 Å². The summed E-state index contributed by atoms with van der Waals surface area (Å²) in [7, 11) is 0. The van der Waals surface area contributed by atoms with Gasteiger partial charge < -0.3 is 10.4 Å². The van der Waals surface area contributed by atoms with E-state index in [1.165, 1.54) is 29.5 Å². The molecule has 0 fully saturated rings. The van der Waals surface area contributed by atoms with Crippen LogP contribution in [0.25, 0.3) is 0 Å². The van der Waals surface area contributed by atoms with Gasteiger partial charge in [-0.2, -0.15) is 0 Å². The molecule has 1 aromatic carbocycles. The average Bonchev–Trinajstić information content (AvgIpc) is 2.83. The number of aliphatic hydroxyl groups is 1. The fourth-order valence-electron chi connectivity index (χ4n) is 1.42. The number of rotatable bonds is 4. The third-order valence-electron chi connectivity index (χ3n) is 2.29. The smallest absolute Gasteiger partial charge is 0.125 e. The zero-order valence-corrected chi connectivity index (χ0v) is 10.4. The summed E-state index contributed by atoms with van der Waals surface area (Å²) >= 11 is 7.37. The molecular weight excluding hydrogens is 261 g/mol. The van der Waals surface area contributed by atoms with Crippen LogP contribution < -0.4 is 5.32 Å². The van der Waals surface area contributed by atoms with Crippen LogP contribution in [-0.4, -0.2) is 11.7 Å². The highest BCUT2D eigenvalue weighted by atomic mass is 35.5. The number of nitrogens with one attached hydrogen (secondary N) is 1. The Kier molecular flexibility index (Phi) is 3.99. The van der Waals surface area contributed by atoms with Crippen molar-refractivity contribution >= 4 is 28.6 Å². The molecule has 5 heteroatoms. The van der Waals surface area contributed by atoms with Crippen molar-refractivity contribution in [3.63, 3.8) is 0 Å². The molecule has 2 nitrogen and oxygen atoms in total. The highest BCUT2D eigenvalue weighted by Gasteiger charge is 2.09. The van der Waals surface area contributed by atoms with Gasteiger partial charge in [-0.15, -0.1) is 11.3 Å². The van der Waals surface area contributed by atoms with Crippen molar-refractivity contribution in [3.8, 4) is 0 Å². The summed E-state index contributed by atoms with van der Waals surface area (Å²) in [6, 6.07) is 7.81. The molecule has 0 aliphatic heterocycles. The molecule has 2 rings (SSSR count). The first kappa shape index (κ1) is 12.4. The second kappa shape index (κ2) is 5.49. The first-order valence-corrected chi connectivity index (χ1v) is 6.33. The summed E-state index contributed by atoms with van der Waals surface area (Å²) in [5.41, 5.74) is 0.488. The largest absolute Gasteiger partial charge is 0.386 e. The summed E-state index contributed by atoms with van der Waals surface area (Å²) in [5, 5.41) is 15.1. The zero-order valence-electron chi connectivity index (χ0n) is 8.86. The van der Waals surface area contributed by atoms with Crippen molar-refractivity contribution < 1.29 is 9.50 Å². The topological polar surface area (TPSA) is 32.3 Å². The minimum Gasteiger partial charge on any atom is -0.386 e. The minimum atomic E-state index is -0.616. The Morgan fingerprint density at radius 3 is 2.94 bits per heavy atom. The summed E-state index contributed by atoms with van der Waals surface area (Å²) in [6.07, 6.45) is -0.616. The number of hydrogen-bond donors (Lipinski definition) is 2. The maximum absolute atomic E-state index is 13.0. The van der Waals surface area contributed by atoms with Gasteiger partial charge in [0.05, 0.1) is 10.7 Å². The van der Waals surface area contributed by atoms with E-state index >= 15 is 0 Å². The monoisotopic (exact) mass is 271 g/mol. The van der Waals surface area contributed by atoms with Crippen molar-refractivity contribution in [3.05, 3.63) is 51.4 Å². The molecule has 2 N–H and O–H groups in total. The highest BCUT2D eigenvalue weighted by Crippen LogP contribution is 2.24. The van der Waals surface area contributed by atoms with Gasteiger partial charge in [-0.25, -0.2) is 4.39 Å². The predicted octanol–water partition coefficient (Wildman–Crippen LogP) is 3.69. The van der Waals surface area contributed by atoms with Crippen molar-refractivity contribution in [2.75, 3.05) is 11.9 Å². The molecule has 0 aliphatic rings.